The summed E-state index contributed by atoms with van der Waals surface area (Å²) in [5, 5.41) is 0.670. The van der Waals surface area contributed by atoms with Gasteiger partial charge in [-0.05, 0) is 38.4 Å². The largest absolute Gasteiger partial charge is 0.377 e. The van der Waals surface area contributed by atoms with Crippen molar-refractivity contribution in [2.45, 2.75) is 31.9 Å². The average Bonchev–Trinajstić information content (AvgIpc) is 2.41. The van der Waals surface area contributed by atoms with E-state index in [1.807, 2.05) is 6.07 Å². The summed E-state index contributed by atoms with van der Waals surface area (Å²) in [6.45, 7) is 4.79. The zero-order chi connectivity index (χ0) is 13.9. The highest BCUT2D eigenvalue weighted by Crippen LogP contribution is 2.26. The van der Waals surface area contributed by atoms with Crippen molar-refractivity contribution in [1.82, 2.24) is 9.88 Å². The molecule has 0 aromatic carbocycles. The Labute approximate surface area is 119 Å². The van der Waals surface area contributed by atoms with Crippen LogP contribution in [0.2, 0.25) is 5.02 Å². The number of nitrogens with zero attached hydrogens (tertiary/aromatic N) is 2. The van der Waals surface area contributed by atoms with Gasteiger partial charge in [-0.15, -0.1) is 0 Å². The number of halogens is 1. The Bertz CT molecular complexity index is 443. The first-order valence-corrected chi connectivity index (χ1v) is 6.84. The van der Waals surface area contributed by atoms with Gasteiger partial charge in [0.15, 0.2) is 0 Å². The number of rotatable bonds is 4. The highest BCUT2D eigenvalue weighted by Gasteiger charge is 2.31. The predicted molar refractivity (Wildman–Crippen MR) is 77.0 cm³/mol. The molecule has 0 amide bonds. The molecule has 0 bridgehead atoms. The summed E-state index contributed by atoms with van der Waals surface area (Å²) in [5.41, 5.74) is 3.32. The standard InChI is InChI=1S/C13H21ClN4O/c1-13(19-2)6-3-7-18(9-13)8-11-10(14)4-5-12(16-11)17-15/h4-5H,3,6-9,15H2,1-2H3,(H,16,17). The molecule has 1 saturated heterocycles. The normalized spacial score (nSPS) is 24.4. The monoisotopic (exact) mass is 284 g/mol. The molecule has 3 N–H and O–H groups in total. The zero-order valence-corrected chi connectivity index (χ0v) is 12.2. The number of pyridine rings is 1. The summed E-state index contributed by atoms with van der Waals surface area (Å²) in [7, 11) is 1.77. The van der Waals surface area contributed by atoms with E-state index in [-0.39, 0.29) is 5.60 Å². The first kappa shape index (κ1) is 14.5. The van der Waals surface area contributed by atoms with Crippen LogP contribution in [0, 0.1) is 0 Å². The first-order valence-electron chi connectivity index (χ1n) is 6.46. The summed E-state index contributed by atoms with van der Waals surface area (Å²) < 4.78 is 5.59. The van der Waals surface area contributed by atoms with E-state index in [1.165, 1.54) is 0 Å². The van der Waals surface area contributed by atoms with E-state index >= 15 is 0 Å². The van der Waals surface area contributed by atoms with E-state index in [0.717, 1.165) is 31.6 Å². The molecule has 5 nitrogen and oxygen atoms in total. The summed E-state index contributed by atoms with van der Waals surface area (Å²) in [4.78, 5) is 6.73. The van der Waals surface area contributed by atoms with E-state index in [1.54, 1.807) is 13.2 Å². The minimum absolute atomic E-state index is 0.0749. The number of aromatic nitrogens is 1. The third-order valence-corrected chi connectivity index (χ3v) is 4.01. The molecule has 19 heavy (non-hydrogen) atoms. The molecule has 1 aromatic heterocycles. The second kappa shape index (κ2) is 6.05. The number of ether oxygens (including phenoxy) is 1. The Morgan fingerprint density at radius 1 is 1.58 bits per heavy atom. The van der Waals surface area contributed by atoms with Crippen LogP contribution in [0.3, 0.4) is 0 Å². The van der Waals surface area contributed by atoms with Gasteiger partial charge in [-0.2, -0.15) is 0 Å². The lowest BCUT2D eigenvalue weighted by atomic mass is 9.94. The molecule has 0 aliphatic carbocycles. The lowest BCUT2D eigenvalue weighted by Gasteiger charge is -2.39. The molecule has 0 spiro atoms. The molecular formula is C13H21ClN4O. The van der Waals surface area contributed by atoms with E-state index in [2.05, 4.69) is 22.2 Å². The summed E-state index contributed by atoms with van der Waals surface area (Å²) in [5.74, 6) is 6.01. The molecule has 2 rings (SSSR count). The molecule has 0 radical (unpaired) electrons. The van der Waals surface area contributed by atoms with Crippen LogP contribution >= 0.6 is 11.6 Å². The predicted octanol–water partition coefficient (Wildman–Crippen LogP) is 2.02. The number of nitrogens with two attached hydrogens (primary N) is 1. The van der Waals surface area contributed by atoms with Crippen molar-refractivity contribution in [2.24, 2.45) is 5.84 Å². The van der Waals surface area contributed by atoms with Crippen LogP contribution in [0.4, 0.5) is 5.82 Å². The minimum Gasteiger partial charge on any atom is -0.377 e. The summed E-state index contributed by atoms with van der Waals surface area (Å²) in [6, 6.07) is 3.58. The van der Waals surface area contributed by atoms with Gasteiger partial charge >= 0.3 is 0 Å². The number of hydrazine groups is 1. The van der Waals surface area contributed by atoms with Crippen molar-refractivity contribution >= 4 is 17.4 Å². The summed E-state index contributed by atoms with van der Waals surface area (Å²) >= 11 is 6.19. The maximum absolute atomic E-state index is 6.19. The molecule has 1 aliphatic rings. The Balaban J connectivity index is 2.08. The van der Waals surface area contributed by atoms with Crippen molar-refractivity contribution in [1.29, 1.82) is 0 Å². The van der Waals surface area contributed by atoms with Gasteiger partial charge in [0.1, 0.15) is 5.82 Å². The number of anilines is 1. The number of hydrogen-bond acceptors (Lipinski definition) is 5. The fourth-order valence-corrected chi connectivity index (χ4v) is 2.66. The van der Waals surface area contributed by atoms with Crippen molar-refractivity contribution in [3.8, 4) is 0 Å². The maximum atomic E-state index is 6.19. The smallest absolute Gasteiger partial charge is 0.140 e. The van der Waals surface area contributed by atoms with Gasteiger partial charge in [0, 0.05) is 20.2 Å². The topological polar surface area (TPSA) is 63.4 Å². The van der Waals surface area contributed by atoms with Crippen LogP contribution in [0.5, 0.6) is 0 Å². The van der Waals surface area contributed by atoms with Gasteiger partial charge < -0.3 is 10.2 Å². The van der Waals surface area contributed by atoms with Crippen molar-refractivity contribution in [2.75, 3.05) is 25.6 Å². The number of piperidine rings is 1. The van der Waals surface area contributed by atoms with Gasteiger partial charge in [-0.1, -0.05) is 11.6 Å². The molecule has 6 heteroatoms. The second-order valence-electron chi connectivity index (χ2n) is 5.24. The highest BCUT2D eigenvalue weighted by molar-refractivity contribution is 6.31. The van der Waals surface area contributed by atoms with Crippen LogP contribution in [0.15, 0.2) is 12.1 Å². The van der Waals surface area contributed by atoms with E-state index in [9.17, 15) is 0 Å². The van der Waals surface area contributed by atoms with Gasteiger partial charge in [0.25, 0.3) is 0 Å². The molecule has 1 atom stereocenters. The Morgan fingerprint density at radius 2 is 2.37 bits per heavy atom. The van der Waals surface area contributed by atoms with E-state index < -0.39 is 0 Å². The van der Waals surface area contributed by atoms with Crippen molar-refractivity contribution in [3.63, 3.8) is 0 Å². The van der Waals surface area contributed by atoms with Crippen molar-refractivity contribution in [3.05, 3.63) is 22.8 Å². The number of nitrogens with one attached hydrogen (secondary N) is 1. The Kier molecular flexibility index (Phi) is 4.62. The summed E-state index contributed by atoms with van der Waals surface area (Å²) in [6.07, 6.45) is 2.21. The second-order valence-corrected chi connectivity index (χ2v) is 5.64. The quantitative estimate of drug-likeness (QED) is 0.654. The van der Waals surface area contributed by atoms with Crippen molar-refractivity contribution < 1.29 is 4.74 Å². The third-order valence-electron chi connectivity index (χ3n) is 3.67. The Morgan fingerprint density at radius 3 is 3.05 bits per heavy atom. The van der Waals surface area contributed by atoms with Gasteiger partial charge in [-0.3, -0.25) is 4.90 Å². The zero-order valence-electron chi connectivity index (χ0n) is 11.4. The SMILES string of the molecule is COC1(C)CCCN(Cc2nc(NN)ccc2Cl)C1. The number of likely N-dealkylation sites (tertiary alicyclic amines) is 1. The molecule has 1 unspecified atom stereocenters. The molecular weight excluding hydrogens is 264 g/mol. The molecule has 2 heterocycles. The highest BCUT2D eigenvalue weighted by atomic mass is 35.5. The molecule has 1 aliphatic heterocycles. The fourth-order valence-electron chi connectivity index (χ4n) is 2.50. The molecule has 1 fully saturated rings. The fraction of sp³-hybridized carbons (Fsp3) is 0.615. The van der Waals surface area contributed by atoms with Crippen LogP contribution in [0.1, 0.15) is 25.5 Å². The van der Waals surface area contributed by atoms with Crippen LogP contribution in [0.25, 0.3) is 0 Å². The number of nitrogen functional groups attached to an aromatic ring is 1. The molecule has 106 valence electrons. The Hall–Kier alpha value is -0.880. The maximum Gasteiger partial charge on any atom is 0.140 e. The van der Waals surface area contributed by atoms with Crippen LogP contribution < -0.4 is 11.3 Å². The van der Waals surface area contributed by atoms with E-state index in [0.29, 0.717) is 17.4 Å². The first-order chi connectivity index (χ1) is 9.06. The lowest BCUT2D eigenvalue weighted by molar-refractivity contribution is -0.0529. The van der Waals surface area contributed by atoms with Gasteiger partial charge in [-0.25, -0.2) is 10.8 Å². The van der Waals surface area contributed by atoms with Gasteiger partial charge in [0.2, 0.25) is 0 Å². The third kappa shape index (κ3) is 3.57. The average molecular weight is 285 g/mol. The van der Waals surface area contributed by atoms with E-state index in [4.69, 9.17) is 22.2 Å². The molecule has 0 saturated carbocycles. The van der Waals surface area contributed by atoms with Crippen LogP contribution in [-0.4, -0.2) is 35.7 Å². The lowest BCUT2D eigenvalue weighted by Crippen LogP contribution is -2.47. The van der Waals surface area contributed by atoms with Crippen LogP contribution in [-0.2, 0) is 11.3 Å². The number of methoxy groups -OCH3 is 1. The molecule has 1 aromatic rings. The van der Waals surface area contributed by atoms with Gasteiger partial charge in [0.05, 0.1) is 16.3 Å². The number of hydrogen-bond donors (Lipinski definition) is 2. The minimum atomic E-state index is -0.0749.